The Morgan fingerprint density at radius 1 is 1.16 bits per heavy atom. The van der Waals surface area contributed by atoms with Gasteiger partial charge in [0.25, 0.3) is 5.91 Å². The maximum absolute atomic E-state index is 11.7. The molecule has 1 radical (unpaired) electrons. The average Bonchev–Trinajstić information content (AvgIpc) is 2.40. The predicted octanol–water partition coefficient (Wildman–Crippen LogP) is 1.62. The number of carbonyl (C=O) groups excluding carboxylic acids is 2. The number of nitrogens with two attached hydrogens (primary N) is 1. The van der Waals surface area contributed by atoms with Crippen LogP contribution in [-0.2, 0) is 0 Å². The van der Waals surface area contributed by atoms with Gasteiger partial charge in [-0.2, -0.15) is 0 Å². The van der Waals surface area contributed by atoms with Gasteiger partial charge >= 0.3 is 6.03 Å². The maximum Gasteiger partial charge on any atom is 0.324 e. The molecule has 3 amide bonds. The highest BCUT2D eigenvalue weighted by atomic mass is 16.2. The van der Waals surface area contributed by atoms with Gasteiger partial charge in [-0.3, -0.25) is 10.1 Å². The van der Waals surface area contributed by atoms with E-state index in [-0.39, 0.29) is 11.4 Å². The number of para-hydroxylation sites is 1. The van der Waals surface area contributed by atoms with Crippen molar-refractivity contribution in [3.63, 3.8) is 0 Å². The summed E-state index contributed by atoms with van der Waals surface area (Å²) in [6, 6.07) is 12.4. The number of amides is 3. The number of aromatic nitrogens is 1. The number of pyridine rings is 1. The number of urea groups is 1. The molecule has 1 aromatic heterocycles. The van der Waals surface area contributed by atoms with Crippen molar-refractivity contribution in [3.05, 3.63) is 54.2 Å². The minimum absolute atomic E-state index is 0.0969. The van der Waals surface area contributed by atoms with Crippen LogP contribution in [0.5, 0.6) is 0 Å². The van der Waals surface area contributed by atoms with E-state index in [1.54, 1.807) is 24.3 Å². The lowest BCUT2D eigenvalue weighted by Gasteiger charge is -2.08. The van der Waals surface area contributed by atoms with Gasteiger partial charge in [0.1, 0.15) is 5.82 Å². The zero-order valence-electron chi connectivity index (χ0n) is 9.88. The van der Waals surface area contributed by atoms with Crippen molar-refractivity contribution in [2.45, 2.75) is 0 Å². The fourth-order valence-electron chi connectivity index (χ4n) is 1.44. The van der Waals surface area contributed by atoms with E-state index in [4.69, 9.17) is 5.73 Å². The number of hydrogen-bond acceptors (Lipinski definition) is 3. The van der Waals surface area contributed by atoms with Crippen molar-refractivity contribution >= 4 is 23.4 Å². The Bertz CT molecular complexity index is 599. The summed E-state index contributed by atoms with van der Waals surface area (Å²) in [4.78, 5) is 26.7. The lowest BCUT2D eigenvalue weighted by molar-refractivity contribution is 0.100. The third kappa shape index (κ3) is 3.29. The minimum Gasteiger partial charge on any atom is -0.365 e. The van der Waals surface area contributed by atoms with Crippen LogP contribution in [0.15, 0.2) is 42.6 Å². The lowest BCUT2D eigenvalue weighted by atomic mass is 10.2. The second kappa shape index (κ2) is 5.63. The molecule has 1 heterocycles. The number of rotatable bonds is 3. The number of primary amides is 1. The van der Waals surface area contributed by atoms with Gasteiger partial charge in [0, 0.05) is 18.0 Å². The number of hydrogen-bond donors (Lipinski definition) is 3. The number of carbonyl (C=O) groups is 2. The first kappa shape index (κ1) is 12.6. The van der Waals surface area contributed by atoms with Gasteiger partial charge in [0.05, 0.1) is 5.56 Å². The van der Waals surface area contributed by atoms with Gasteiger partial charge in [0.2, 0.25) is 0 Å². The maximum atomic E-state index is 11.7. The second-order valence-corrected chi connectivity index (χ2v) is 3.64. The van der Waals surface area contributed by atoms with Crippen molar-refractivity contribution in [2.24, 2.45) is 5.73 Å². The largest absolute Gasteiger partial charge is 0.365 e. The van der Waals surface area contributed by atoms with Crippen LogP contribution in [0.3, 0.4) is 0 Å². The van der Waals surface area contributed by atoms with Crippen LogP contribution in [-0.4, -0.2) is 16.9 Å². The summed E-state index contributed by atoms with van der Waals surface area (Å²) in [5.41, 5.74) is 5.90. The summed E-state index contributed by atoms with van der Waals surface area (Å²) in [5.74, 6) is -0.584. The highest BCUT2D eigenvalue weighted by Crippen LogP contribution is 2.11. The third-order valence-electron chi connectivity index (χ3n) is 2.28. The number of anilines is 2. The molecule has 0 atom stereocenters. The number of nitrogens with one attached hydrogen (secondary N) is 2. The molecular weight excluding hydrogens is 244 g/mol. The van der Waals surface area contributed by atoms with E-state index >= 15 is 0 Å². The van der Waals surface area contributed by atoms with Gasteiger partial charge in [0.15, 0.2) is 0 Å². The molecular formula is C13H11N4O2. The van der Waals surface area contributed by atoms with Crippen LogP contribution in [0.2, 0.25) is 0 Å². The standard InChI is InChI=1S/C13H11N4O2/c14-11(18)10-7-4-8-15-12(10)17-13(19)16-9-5-2-1-3-6-9/h1-3,5-8H,(H2,14,18)(H2,15,16,17,19). The first-order valence-corrected chi connectivity index (χ1v) is 5.46. The Morgan fingerprint density at radius 3 is 2.58 bits per heavy atom. The predicted molar refractivity (Wildman–Crippen MR) is 70.7 cm³/mol. The Balaban J connectivity index is 2.09. The topological polar surface area (TPSA) is 97.1 Å². The molecule has 0 fully saturated rings. The quantitative estimate of drug-likeness (QED) is 0.777. The summed E-state index contributed by atoms with van der Waals surface area (Å²) in [7, 11) is 0. The lowest BCUT2D eigenvalue weighted by Crippen LogP contribution is -2.23. The smallest absolute Gasteiger partial charge is 0.324 e. The van der Waals surface area contributed by atoms with Gasteiger partial charge in [-0.1, -0.05) is 18.2 Å². The van der Waals surface area contributed by atoms with E-state index < -0.39 is 11.9 Å². The first-order chi connectivity index (χ1) is 9.16. The SMILES string of the molecule is NC(=O)c1c[c]cnc1NC(=O)Nc1ccccc1. The molecule has 0 bridgehead atoms. The Labute approximate surface area is 109 Å². The zero-order valence-corrected chi connectivity index (χ0v) is 9.88. The molecule has 6 heteroatoms. The molecule has 1 aromatic carbocycles. The summed E-state index contributed by atoms with van der Waals surface area (Å²) in [6.07, 6.45) is 1.34. The van der Waals surface area contributed by atoms with E-state index in [2.05, 4.69) is 21.7 Å². The molecule has 0 aliphatic heterocycles. The number of benzene rings is 1. The van der Waals surface area contributed by atoms with Gasteiger partial charge < -0.3 is 11.1 Å². The molecule has 95 valence electrons. The van der Waals surface area contributed by atoms with E-state index in [9.17, 15) is 9.59 Å². The number of nitrogens with zero attached hydrogens (tertiary/aromatic N) is 1. The first-order valence-electron chi connectivity index (χ1n) is 5.46. The van der Waals surface area contributed by atoms with Crippen molar-refractivity contribution in [1.29, 1.82) is 0 Å². The van der Waals surface area contributed by atoms with E-state index in [1.165, 1.54) is 12.3 Å². The molecule has 19 heavy (non-hydrogen) atoms. The van der Waals surface area contributed by atoms with Crippen molar-refractivity contribution in [3.8, 4) is 0 Å². The molecule has 0 aliphatic rings. The molecule has 4 N–H and O–H groups in total. The van der Waals surface area contributed by atoms with E-state index in [0.717, 1.165) is 0 Å². The fourth-order valence-corrected chi connectivity index (χ4v) is 1.44. The zero-order chi connectivity index (χ0) is 13.7. The monoisotopic (exact) mass is 255 g/mol. The van der Waals surface area contributed by atoms with Crippen LogP contribution in [0.1, 0.15) is 10.4 Å². The van der Waals surface area contributed by atoms with Gasteiger partial charge in [-0.15, -0.1) is 0 Å². The van der Waals surface area contributed by atoms with Crippen LogP contribution < -0.4 is 16.4 Å². The van der Waals surface area contributed by atoms with Gasteiger partial charge in [-0.25, -0.2) is 9.78 Å². The molecule has 0 unspecified atom stereocenters. The van der Waals surface area contributed by atoms with Crippen molar-refractivity contribution in [1.82, 2.24) is 4.98 Å². The molecule has 6 nitrogen and oxygen atoms in total. The molecule has 0 saturated heterocycles. The third-order valence-corrected chi connectivity index (χ3v) is 2.28. The summed E-state index contributed by atoms with van der Waals surface area (Å²) in [5, 5.41) is 5.06. The van der Waals surface area contributed by atoms with Gasteiger partial charge in [-0.05, 0) is 18.2 Å². The average molecular weight is 255 g/mol. The summed E-state index contributed by atoms with van der Waals surface area (Å²) >= 11 is 0. The van der Waals surface area contributed by atoms with E-state index in [1.807, 2.05) is 6.07 Å². The Kier molecular flexibility index (Phi) is 3.72. The molecule has 0 aliphatic carbocycles. The highest BCUT2D eigenvalue weighted by molar-refractivity contribution is 6.04. The second-order valence-electron chi connectivity index (χ2n) is 3.64. The van der Waals surface area contributed by atoms with Crippen molar-refractivity contribution < 1.29 is 9.59 Å². The molecule has 0 spiro atoms. The minimum atomic E-state index is -0.681. The molecule has 0 saturated carbocycles. The summed E-state index contributed by atoms with van der Waals surface area (Å²) < 4.78 is 0. The van der Waals surface area contributed by atoms with Crippen molar-refractivity contribution in [2.75, 3.05) is 10.6 Å². The van der Waals surface area contributed by atoms with Crippen LogP contribution in [0, 0.1) is 6.07 Å². The molecule has 2 rings (SSSR count). The Hall–Kier alpha value is -2.89. The summed E-state index contributed by atoms with van der Waals surface area (Å²) in [6.45, 7) is 0. The van der Waals surface area contributed by atoms with Crippen LogP contribution in [0.25, 0.3) is 0 Å². The fraction of sp³-hybridized carbons (Fsp3) is 0. The van der Waals surface area contributed by atoms with Crippen LogP contribution in [0.4, 0.5) is 16.3 Å². The van der Waals surface area contributed by atoms with Crippen LogP contribution >= 0.6 is 0 Å². The van der Waals surface area contributed by atoms with E-state index in [0.29, 0.717) is 5.69 Å². The molecule has 2 aromatic rings. The normalized spacial score (nSPS) is 9.68. The Morgan fingerprint density at radius 2 is 1.89 bits per heavy atom. The highest BCUT2D eigenvalue weighted by Gasteiger charge is 2.11.